The number of carbonyl (C=O) groups excluding carboxylic acids is 2. The highest BCUT2D eigenvalue weighted by atomic mass is 79.9. The van der Waals surface area contributed by atoms with Gasteiger partial charge >= 0.3 is 11.9 Å². The standard InChI is InChI=1S/C23H25BrN2O5/c1-6-29-22(27)17-12(3)25-13(4)18(23(28)30-7-2)20(17)19-14(5)31-26-21(19)15-10-8-9-11-16(15)24/h8-11,20,25H,6-7H2,1-5H3. The Morgan fingerprint density at radius 1 is 1.03 bits per heavy atom. The summed E-state index contributed by atoms with van der Waals surface area (Å²) in [6.07, 6.45) is 0. The summed E-state index contributed by atoms with van der Waals surface area (Å²) in [4.78, 5) is 26.0. The number of benzene rings is 1. The van der Waals surface area contributed by atoms with E-state index < -0.39 is 17.9 Å². The van der Waals surface area contributed by atoms with E-state index in [1.165, 1.54) is 0 Å². The van der Waals surface area contributed by atoms with E-state index in [2.05, 4.69) is 26.4 Å². The molecule has 164 valence electrons. The number of rotatable bonds is 6. The first-order valence-corrected chi connectivity index (χ1v) is 10.8. The van der Waals surface area contributed by atoms with E-state index in [-0.39, 0.29) is 13.2 Å². The van der Waals surface area contributed by atoms with Gasteiger partial charge in [0, 0.05) is 27.0 Å². The number of hydrogen-bond donors (Lipinski definition) is 1. The third kappa shape index (κ3) is 4.30. The lowest BCUT2D eigenvalue weighted by molar-refractivity contribution is -0.139. The van der Waals surface area contributed by atoms with E-state index in [0.29, 0.717) is 39.6 Å². The van der Waals surface area contributed by atoms with Crippen molar-refractivity contribution in [3.05, 3.63) is 62.6 Å². The predicted octanol–water partition coefficient (Wildman–Crippen LogP) is 4.77. The van der Waals surface area contributed by atoms with Gasteiger partial charge in [-0.05, 0) is 40.7 Å². The van der Waals surface area contributed by atoms with Gasteiger partial charge < -0.3 is 19.3 Å². The second-order valence-corrected chi connectivity index (χ2v) is 7.91. The Morgan fingerprint density at radius 2 is 1.58 bits per heavy atom. The fourth-order valence-electron chi connectivity index (χ4n) is 3.81. The van der Waals surface area contributed by atoms with E-state index >= 15 is 0 Å². The van der Waals surface area contributed by atoms with Gasteiger partial charge in [0.1, 0.15) is 11.5 Å². The van der Waals surface area contributed by atoms with Crippen LogP contribution in [0.2, 0.25) is 0 Å². The molecule has 1 N–H and O–H groups in total. The minimum Gasteiger partial charge on any atom is -0.463 e. The molecule has 2 heterocycles. The Balaban J connectivity index is 2.31. The van der Waals surface area contributed by atoms with Gasteiger partial charge in [-0.25, -0.2) is 9.59 Å². The molecule has 3 rings (SSSR count). The molecular weight excluding hydrogens is 464 g/mol. The summed E-state index contributed by atoms with van der Waals surface area (Å²) in [6, 6.07) is 7.57. The zero-order chi connectivity index (χ0) is 22.7. The molecule has 0 saturated carbocycles. The number of aryl methyl sites for hydroxylation is 1. The highest BCUT2D eigenvalue weighted by Crippen LogP contribution is 2.45. The van der Waals surface area contributed by atoms with Crippen LogP contribution < -0.4 is 5.32 Å². The van der Waals surface area contributed by atoms with Crippen LogP contribution in [-0.4, -0.2) is 30.3 Å². The first-order valence-electron chi connectivity index (χ1n) is 10.1. The molecular formula is C23H25BrN2O5. The number of allylic oxidation sites excluding steroid dienone is 2. The van der Waals surface area contributed by atoms with Crippen molar-refractivity contribution in [3.63, 3.8) is 0 Å². The number of halogens is 1. The Morgan fingerprint density at radius 3 is 2.10 bits per heavy atom. The first-order chi connectivity index (χ1) is 14.8. The molecule has 0 fully saturated rings. The second kappa shape index (κ2) is 9.51. The van der Waals surface area contributed by atoms with E-state index in [1.54, 1.807) is 34.6 Å². The summed E-state index contributed by atoms with van der Waals surface area (Å²) in [6.45, 7) is 9.23. The van der Waals surface area contributed by atoms with Crippen LogP contribution in [-0.2, 0) is 19.1 Å². The normalized spacial score (nSPS) is 14.5. The Hall–Kier alpha value is -2.87. The molecule has 1 aliphatic rings. The number of aromatic nitrogens is 1. The van der Waals surface area contributed by atoms with Crippen LogP contribution in [0.4, 0.5) is 0 Å². The molecule has 0 radical (unpaired) electrons. The lowest BCUT2D eigenvalue weighted by Gasteiger charge is -2.30. The molecule has 0 atom stereocenters. The maximum absolute atomic E-state index is 13.0. The lowest BCUT2D eigenvalue weighted by Crippen LogP contribution is -2.33. The van der Waals surface area contributed by atoms with Gasteiger partial charge in [0.25, 0.3) is 0 Å². The Bertz CT molecular complexity index is 1040. The van der Waals surface area contributed by atoms with E-state index in [9.17, 15) is 9.59 Å². The average molecular weight is 489 g/mol. The number of esters is 2. The summed E-state index contributed by atoms with van der Waals surface area (Å²) in [5, 5.41) is 7.41. The smallest absolute Gasteiger partial charge is 0.336 e. The van der Waals surface area contributed by atoms with E-state index in [4.69, 9.17) is 14.0 Å². The fourth-order valence-corrected chi connectivity index (χ4v) is 4.28. The Labute approximate surface area is 189 Å². The number of dihydropyridines is 1. The molecule has 8 heteroatoms. The number of ether oxygens (including phenoxy) is 2. The van der Waals surface area contributed by atoms with Crippen molar-refractivity contribution in [2.75, 3.05) is 13.2 Å². The van der Waals surface area contributed by atoms with Crippen molar-refractivity contribution in [1.29, 1.82) is 0 Å². The van der Waals surface area contributed by atoms with Crippen molar-refractivity contribution < 1.29 is 23.6 Å². The molecule has 0 spiro atoms. The summed E-state index contributed by atoms with van der Waals surface area (Å²) in [7, 11) is 0. The van der Waals surface area contributed by atoms with Crippen LogP contribution >= 0.6 is 15.9 Å². The molecule has 0 amide bonds. The third-order valence-corrected chi connectivity index (χ3v) is 5.77. The Kier molecular flexibility index (Phi) is 7.00. The maximum atomic E-state index is 13.0. The van der Waals surface area contributed by atoms with Crippen LogP contribution in [0.3, 0.4) is 0 Å². The summed E-state index contributed by atoms with van der Waals surface area (Å²) < 4.78 is 17.1. The minimum atomic E-state index is -0.757. The molecule has 1 aromatic heterocycles. The zero-order valence-corrected chi connectivity index (χ0v) is 19.8. The number of nitrogens with one attached hydrogen (secondary N) is 1. The topological polar surface area (TPSA) is 90.7 Å². The van der Waals surface area contributed by atoms with Crippen LogP contribution in [0.1, 0.15) is 44.9 Å². The highest BCUT2D eigenvalue weighted by Gasteiger charge is 2.41. The van der Waals surface area contributed by atoms with Crippen LogP contribution in [0.5, 0.6) is 0 Å². The number of carbonyl (C=O) groups is 2. The van der Waals surface area contributed by atoms with Crippen molar-refractivity contribution in [3.8, 4) is 11.3 Å². The molecule has 2 aromatic rings. The first kappa shape index (κ1) is 22.8. The molecule has 0 aliphatic carbocycles. The SMILES string of the molecule is CCOC(=O)C1=C(C)NC(C)=C(C(=O)OCC)C1c1c(-c2ccccc2Br)noc1C. The lowest BCUT2D eigenvalue weighted by atomic mass is 9.78. The van der Waals surface area contributed by atoms with Crippen molar-refractivity contribution >= 4 is 27.9 Å². The van der Waals surface area contributed by atoms with Gasteiger partial charge in [-0.15, -0.1) is 0 Å². The van der Waals surface area contributed by atoms with Gasteiger partial charge in [-0.3, -0.25) is 0 Å². The van der Waals surface area contributed by atoms with Gasteiger partial charge in [-0.2, -0.15) is 0 Å². The van der Waals surface area contributed by atoms with Crippen LogP contribution in [0.25, 0.3) is 11.3 Å². The van der Waals surface area contributed by atoms with Gasteiger partial charge in [0.05, 0.1) is 30.3 Å². The number of nitrogens with zero attached hydrogens (tertiary/aromatic N) is 1. The molecule has 31 heavy (non-hydrogen) atoms. The second-order valence-electron chi connectivity index (χ2n) is 7.06. The van der Waals surface area contributed by atoms with E-state index in [0.717, 1.165) is 10.0 Å². The maximum Gasteiger partial charge on any atom is 0.336 e. The average Bonchev–Trinajstić information content (AvgIpc) is 3.08. The predicted molar refractivity (Wildman–Crippen MR) is 119 cm³/mol. The van der Waals surface area contributed by atoms with Gasteiger partial charge in [0.2, 0.25) is 0 Å². The molecule has 1 aromatic carbocycles. The molecule has 0 saturated heterocycles. The van der Waals surface area contributed by atoms with Crippen molar-refractivity contribution in [2.24, 2.45) is 0 Å². The summed E-state index contributed by atoms with van der Waals surface area (Å²) in [5.41, 5.74) is 3.82. The van der Waals surface area contributed by atoms with E-state index in [1.807, 2.05) is 24.3 Å². The largest absolute Gasteiger partial charge is 0.463 e. The van der Waals surface area contributed by atoms with Gasteiger partial charge in [0.15, 0.2) is 0 Å². The molecule has 0 bridgehead atoms. The fraction of sp³-hybridized carbons (Fsp3) is 0.348. The monoisotopic (exact) mass is 488 g/mol. The summed E-state index contributed by atoms with van der Waals surface area (Å²) in [5.74, 6) is -1.27. The van der Waals surface area contributed by atoms with Crippen molar-refractivity contribution in [1.82, 2.24) is 10.5 Å². The molecule has 0 unspecified atom stereocenters. The van der Waals surface area contributed by atoms with Gasteiger partial charge in [-0.1, -0.05) is 39.3 Å². The molecule has 1 aliphatic heterocycles. The summed E-state index contributed by atoms with van der Waals surface area (Å²) >= 11 is 3.56. The number of hydrogen-bond acceptors (Lipinski definition) is 7. The highest BCUT2D eigenvalue weighted by molar-refractivity contribution is 9.10. The quantitative estimate of drug-likeness (QED) is 0.585. The third-order valence-electron chi connectivity index (χ3n) is 5.08. The van der Waals surface area contributed by atoms with Crippen molar-refractivity contribution in [2.45, 2.75) is 40.5 Å². The zero-order valence-electron chi connectivity index (χ0n) is 18.2. The van der Waals surface area contributed by atoms with Crippen LogP contribution in [0, 0.1) is 6.92 Å². The van der Waals surface area contributed by atoms with Crippen LogP contribution in [0.15, 0.2) is 55.8 Å². The minimum absolute atomic E-state index is 0.208. The molecule has 7 nitrogen and oxygen atoms in total.